The van der Waals surface area contributed by atoms with E-state index in [1.807, 2.05) is 36.8 Å². The molecule has 3 aromatic heterocycles. The Labute approximate surface area is 203 Å². The number of aromatic nitrogens is 5. The van der Waals surface area contributed by atoms with Gasteiger partial charge in [0.05, 0.1) is 23.1 Å². The number of benzene rings is 1. The van der Waals surface area contributed by atoms with Crippen LogP contribution in [0.15, 0.2) is 30.7 Å². The van der Waals surface area contributed by atoms with Crippen molar-refractivity contribution in [3.05, 3.63) is 47.7 Å². The van der Waals surface area contributed by atoms with Gasteiger partial charge in [0.2, 0.25) is 0 Å². The van der Waals surface area contributed by atoms with Crippen LogP contribution in [-0.2, 0) is 13.6 Å². The monoisotopic (exact) mass is 473 g/mol. The number of nitrogens with one attached hydrogen (secondary N) is 2. The van der Waals surface area contributed by atoms with Crippen LogP contribution >= 0.6 is 0 Å². The topological polar surface area (TPSA) is 118 Å². The fourth-order valence-electron chi connectivity index (χ4n) is 5.11. The van der Waals surface area contributed by atoms with Crippen LogP contribution in [0.5, 0.6) is 0 Å². The van der Waals surface area contributed by atoms with Gasteiger partial charge >= 0.3 is 0 Å². The third-order valence-electron chi connectivity index (χ3n) is 6.96. The van der Waals surface area contributed by atoms with E-state index >= 15 is 0 Å². The molecule has 1 aromatic carbocycles. The van der Waals surface area contributed by atoms with E-state index in [4.69, 9.17) is 5.73 Å². The number of piperidine rings is 1. The highest BCUT2D eigenvalue weighted by Crippen LogP contribution is 2.32. The quantitative estimate of drug-likeness (QED) is 0.393. The number of carbonyl (C=O) groups excluding carboxylic acids is 1. The average Bonchev–Trinajstić information content (AvgIpc) is 3.43. The zero-order valence-electron chi connectivity index (χ0n) is 20.2. The lowest BCUT2D eigenvalue weighted by atomic mass is 10.0. The van der Waals surface area contributed by atoms with Crippen LogP contribution in [0.2, 0.25) is 0 Å². The summed E-state index contributed by atoms with van der Waals surface area (Å²) in [5.74, 6) is 0.213. The number of imidazole rings is 1. The highest BCUT2D eigenvalue weighted by Gasteiger charge is 2.28. The lowest BCUT2D eigenvalue weighted by Crippen LogP contribution is -2.43. The smallest absolute Gasteiger partial charge is 0.259 e. The van der Waals surface area contributed by atoms with E-state index in [1.54, 1.807) is 10.9 Å². The fraction of sp³-hybridized carbons (Fsp3) is 0.440. The van der Waals surface area contributed by atoms with Gasteiger partial charge in [-0.1, -0.05) is 0 Å². The molecule has 2 fully saturated rings. The summed E-state index contributed by atoms with van der Waals surface area (Å²) in [5, 5.41) is 12.3. The van der Waals surface area contributed by atoms with Crippen molar-refractivity contribution in [3.8, 4) is 0 Å². The lowest BCUT2D eigenvalue weighted by molar-refractivity contribution is 0.102. The number of fused-ring (bicyclic) bond motifs is 2. The van der Waals surface area contributed by atoms with Crippen LogP contribution in [0.1, 0.15) is 47.4 Å². The summed E-state index contributed by atoms with van der Waals surface area (Å²) in [6, 6.07) is 5.28. The molecule has 4 aromatic rings. The van der Waals surface area contributed by atoms with Crippen LogP contribution in [0.4, 0.5) is 11.5 Å². The Hall–Kier alpha value is -3.50. The second-order valence-corrected chi connectivity index (χ2v) is 9.74. The van der Waals surface area contributed by atoms with E-state index in [0.29, 0.717) is 34.3 Å². The molecular weight excluding hydrogens is 442 g/mol. The Morgan fingerprint density at radius 3 is 2.60 bits per heavy atom. The van der Waals surface area contributed by atoms with Gasteiger partial charge in [0, 0.05) is 62.2 Å². The molecular formula is C25H31N9O. The Morgan fingerprint density at radius 1 is 1.09 bits per heavy atom. The zero-order valence-corrected chi connectivity index (χ0v) is 20.2. The van der Waals surface area contributed by atoms with Crippen molar-refractivity contribution < 1.29 is 4.79 Å². The van der Waals surface area contributed by atoms with Crippen molar-refractivity contribution in [1.29, 1.82) is 0 Å². The van der Waals surface area contributed by atoms with Crippen molar-refractivity contribution in [3.63, 3.8) is 0 Å². The highest BCUT2D eigenvalue weighted by atomic mass is 16.1. The largest absolute Gasteiger partial charge is 0.371 e. The summed E-state index contributed by atoms with van der Waals surface area (Å²) in [6.07, 6.45) is 10.6. The number of aryl methyl sites for hydroxylation is 2. The Balaban J connectivity index is 1.25. The summed E-state index contributed by atoms with van der Waals surface area (Å²) >= 11 is 0. The van der Waals surface area contributed by atoms with Crippen molar-refractivity contribution in [2.24, 2.45) is 12.8 Å². The molecule has 1 aliphatic heterocycles. The van der Waals surface area contributed by atoms with Gasteiger partial charge in [-0.15, -0.1) is 0 Å². The van der Waals surface area contributed by atoms with E-state index < -0.39 is 0 Å². The molecule has 2 aliphatic rings. The second kappa shape index (κ2) is 8.62. The molecule has 4 heterocycles. The van der Waals surface area contributed by atoms with Crippen LogP contribution in [-0.4, -0.2) is 55.2 Å². The molecule has 35 heavy (non-hydrogen) atoms. The number of nitrogens with two attached hydrogens (primary N) is 1. The van der Waals surface area contributed by atoms with Gasteiger partial charge in [0.1, 0.15) is 5.52 Å². The van der Waals surface area contributed by atoms with Crippen molar-refractivity contribution in [1.82, 2.24) is 29.5 Å². The SMILES string of the molecule is Cc1cn2cc(NC(=O)c3ccc(N4CCC(NC5CC5)CC4)c4cn(C)nc34)nc2c(CN)n1. The third kappa shape index (κ3) is 4.23. The first kappa shape index (κ1) is 22.0. The molecule has 4 N–H and O–H groups in total. The molecule has 1 amide bonds. The first-order valence-electron chi connectivity index (χ1n) is 12.3. The molecule has 182 valence electrons. The molecule has 0 radical (unpaired) electrons. The summed E-state index contributed by atoms with van der Waals surface area (Å²) in [5.41, 5.74) is 10.4. The molecule has 0 spiro atoms. The number of hydrogen-bond donors (Lipinski definition) is 3. The maximum atomic E-state index is 13.3. The maximum Gasteiger partial charge on any atom is 0.259 e. The molecule has 1 saturated carbocycles. The standard InChI is InChI=1S/C25H31N9O/c1-15-12-34-14-22(29-24(34)20(11-26)27-15)30-25(35)18-5-6-21(19-13-32(2)31-23(18)19)33-9-7-17(8-10-33)28-16-3-4-16/h5-6,12-14,16-17,28H,3-4,7-11,26H2,1-2H3,(H,30,35). The van der Waals surface area contributed by atoms with Crippen molar-refractivity contribution in [2.45, 2.75) is 51.2 Å². The zero-order chi connectivity index (χ0) is 24.1. The number of anilines is 2. The summed E-state index contributed by atoms with van der Waals surface area (Å²) in [6.45, 7) is 4.18. The molecule has 10 nitrogen and oxygen atoms in total. The molecule has 1 saturated heterocycles. The molecule has 0 unspecified atom stereocenters. The van der Waals surface area contributed by atoms with Gasteiger partial charge in [0.15, 0.2) is 11.5 Å². The number of rotatable bonds is 6. The average molecular weight is 474 g/mol. The Morgan fingerprint density at radius 2 is 1.86 bits per heavy atom. The number of nitrogens with zero attached hydrogens (tertiary/aromatic N) is 6. The minimum absolute atomic E-state index is 0.241. The molecule has 0 bridgehead atoms. The first-order chi connectivity index (χ1) is 17.0. The van der Waals surface area contributed by atoms with Crippen LogP contribution in [0.25, 0.3) is 16.6 Å². The Kier molecular flexibility index (Phi) is 5.42. The predicted molar refractivity (Wildman–Crippen MR) is 136 cm³/mol. The summed E-state index contributed by atoms with van der Waals surface area (Å²) < 4.78 is 3.63. The first-order valence-corrected chi connectivity index (χ1v) is 12.3. The van der Waals surface area contributed by atoms with Gasteiger partial charge < -0.3 is 25.7 Å². The van der Waals surface area contributed by atoms with Gasteiger partial charge in [-0.2, -0.15) is 5.10 Å². The molecule has 10 heteroatoms. The van der Waals surface area contributed by atoms with E-state index in [9.17, 15) is 4.79 Å². The molecule has 6 rings (SSSR count). The second-order valence-electron chi connectivity index (χ2n) is 9.74. The maximum absolute atomic E-state index is 13.3. The van der Waals surface area contributed by atoms with E-state index in [1.165, 1.54) is 12.8 Å². The highest BCUT2D eigenvalue weighted by molar-refractivity contribution is 6.13. The Bertz CT molecular complexity index is 1410. The van der Waals surface area contributed by atoms with Gasteiger partial charge in [-0.25, -0.2) is 4.98 Å². The summed E-state index contributed by atoms with van der Waals surface area (Å²) in [4.78, 5) is 24.7. The minimum atomic E-state index is -0.241. The summed E-state index contributed by atoms with van der Waals surface area (Å²) in [7, 11) is 1.89. The minimum Gasteiger partial charge on any atom is -0.371 e. The van der Waals surface area contributed by atoms with Crippen LogP contribution in [0, 0.1) is 6.92 Å². The fourth-order valence-corrected chi connectivity index (χ4v) is 5.11. The lowest BCUT2D eigenvalue weighted by Gasteiger charge is -2.34. The number of hydrogen-bond acceptors (Lipinski definition) is 7. The van der Waals surface area contributed by atoms with Crippen LogP contribution in [0.3, 0.4) is 0 Å². The molecule has 0 atom stereocenters. The van der Waals surface area contributed by atoms with Crippen molar-refractivity contribution in [2.75, 3.05) is 23.3 Å². The number of amides is 1. The van der Waals surface area contributed by atoms with E-state index in [0.717, 1.165) is 48.7 Å². The predicted octanol–water partition coefficient (Wildman–Crippen LogP) is 2.36. The molecule has 1 aliphatic carbocycles. The van der Waals surface area contributed by atoms with Gasteiger partial charge in [-0.3, -0.25) is 14.5 Å². The van der Waals surface area contributed by atoms with E-state index in [-0.39, 0.29) is 12.5 Å². The van der Waals surface area contributed by atoms with Crippen LogP contribution < -0.4 is 21.3 Å². The van der Waals surface area contributed by atoms with Gasteiger partial charge in [-0.05, 0) is 44.7 Å². The van der Waals surface area contributed by atoms with Gasteiger partial charge in [0.25, 0.3) is 5.91 Å². The normalized spacial score (nSPS) is 16.9. The van der Waals surface area contributed by atoms with E-state index in [2.05, 4.69) is 36.7 Å². The third-order valence-corrected chi connectivity index (χ3v) is 6.96. The van der Waals surface area contributed by atoms with Crippen molar-refractivity contribution >= 4 is 34.0 Å². The number of carbonyl (C=O) groups is 1.